The monoisotopic (exact) mass is 217 g/mol. The van der Waals surface area contributed by atoms with E-state index in [0.29, 0.717) is 5.75 Å². The summed E-state index contributed by atoms with van der Waals surface area (Å²) in [6.07, 6.45) is 0. The first-order chi connectivity index (χ1) is 4.74. The van der Waals surface area contributed by atoms with E-state index in [1.807, 2.05) is 18.2 Å². The second kappa shape index (κ2) is 3.30. The average molecular weight is 218 g/mol. The summed E-state index contributed by atoms with van der Waals surface area (Å²) in [5.74, 6) is 0.694. The van der Waals surface area contributed by atoms with Gasteiger partial charge in [0.15, 0.2) is 0 Å². The zero-order chi connectivity index (χ0) is 7.56. The summed E-state index contributed by atoms with van der Waals surface area (Å²) in [6.45, 7) is 0. The van der Waals surface area contributed by atoms with Crippen molar-refractivity contribution in [3.05, 3.63) is 28.2 Å². The van der Waals surface area contributed by atoms with E-state index in [2.05, 4.69) is 28.6 Å². The van der Waals surface area contributed by atoms with Gasteiger partial charge in [-0.2, -0.15) is 12.6 Å². The van der Waals surface area contributed by atoms with Crippen LogP contribution in [0.5, 0.6) is 0 Å². The van der Waals surface area contributed by atoms with E-state index in [9.17, 15) is 0 Å². The van der Waals surface area contributed by atoms with Crippen LogP contribution in [0.2, 0.25) is 0 Å². The van der Waals surface area contributed by atoms with Crippen LogP contribution in [0.1, 0.15) is 5.56 Å². The number of nitrogens with two attached hydrogens (primary N) is 1. The standard InChI is InChI=1S/C7H8BrNS/c8-6-2-1-5(4-10)7(9)3-6/h1-3,10H,4,9H2. The summed E-state index contributed by atoms with van der Waals surface area (Å²) in [5, 5.41) is 0. The van der Waals surface area contributed by atoms with Gasteiger partial charge in [0.05, 0.1) is 0 Å². The van der Waals surface area contributed by atoms with Gasteiger partial charge in [0.2, 0.25) is 0 Å². The maximum absolute atomic E-state index is 5.65. The van der Waals surface area contributed by atoms with Crippen LogP contribution in [-0.4, -0.2) is 0 Å². The highest BCUT2D eigenvalue weighted by Crippen LogP contribution is 2.19. The zero-order valence-electron chi connectivity index (χ0n) is 5.34. The van der Waals surface area contributed by atoms with Gasteiger partial charge in [-0.05, 0) is 17.7 Å². The van der Waals surface area contributed by atoms with Crippen LogP contribution >= 0.6 is 28.6 Å². The minimum Gasteiger partial charge on any atom is -0.398 e. The molecule has 1 rings (SSSR count). The van der Waals surface area contributed by atoms with Gasteiger partial charge >= 0.3 is 0 Å². The van der Waals surface area contributed by atoms with Crippen LogP contribution in [0.15, 0.2) is 22.7 Å². The lowest BCUT2D eigenvalue weighted by Crippen LogP contribution is -1.90. The molecule has 1 aromatic rings. The van der Waals surface area contributed by atoms with Crippen LogP contribution in [-0.2, 0) is 5.75 Å². The highest BCUT2D eigenvalue weighted by Gasteiger charge is 1.95. The fraction of sp³-hybridized carbons (Fsp3) is 0.143. The van der Waals surface area contributed by atoms with Crippen molar-refractivity contribution in [1.82, 2.24) is 0 Å². The number of thiol groups is 1. The molecule has 0 spiro atoms. The van der Waals surface area contributed by atoms with E-state index in [1.165, 1.54) is 0 Å². The third kappa shape index (κ3) is 1.67. The smallest absolute Gasteiger partial charge is 0.0366 e. The first-order valence-electron chi connectivity index (χ1n) is 2.89. The minimum atomic E-state index is 0.694. The van der Waals surface area contributed by atoms with Gasteiger partial charge in [0, 0.05) is 15.9 Å². The number of hydrogen-bond acceptors (Lipinski definition) is 2. The molecule has 3 heteroatoms. The van der Waals surface area contributed by atoms with Crippen LogP contribution < -0.4 is 5.73 Å². The van der Waals surface area contributed by atoms with Crippen LogP contribution in [0.4, 0.5) is 5.69 Å². The van der Waals surface area contributed by atoms with Gasteiger partial charge in [0.25, 0.3) is 0 Å². The van der Waals surface area contributed by atoms with Crippen molar-refractivity contribution in [2.75, 3.05) is 5.73 Å². The van der Waals surface area contributed by atoms with Gasteiger partial charge in [0.1, 0.15) is 0 Å². The molecule has 0 aromatic heterocycles. The predicted molar refractivity (Wildman–Crippen MR) is 51.2 cm³/mol. The number of anilines is 1. The number of halogens is 1. The first kappa shape index (κ1) is 7.95. The summed E-state index contributed by atoms with van der Waals surface area (Å²) in [5.41, 5.74) is 7.52. The Labute approximate surface area is 74.2 Å². The maximum Gasteiger partial charge on any atom is 0.0366 e. The molecule has 0 heterocycles. The van der Waals surface area contributed by atoms with E-state index in [4.69, 9.17) is 5.73 Å². The molecule has 0 amide bonds. The summed E-state index contributed by atoms with van der Waals surface area (Å²) in [6, 6.07) is 5.81. The fourth-order valence-corrected chi connectivity index (χ4v) is 1.38. The SMILES string of the molecule is Nc1cc(Br)ccc1CS. The normalized spacial score (nSPS) is 9.80. The summed E-state index contributed by atoms with van der Waals surface area (Å²) in [7, 11) is 0. The molecule has 2 N–H and O–H groups in total. The molecule has 0 unspecified atom stereocenters. The van der Waals surface area contributed by atoms with E-state index >= 15 is 0 Å². The molecule has 0 atom stereocenters. The van der Waals surface area contributed by atoms with Crippen molar-refractivity contribution in [1.29, 1.82) is 0 Å². The summed E-state index contributed by atoms with van der Waals surface area (Å²) in [4.78, 5) is 0. The molecule has 1 nitrogen and oxygen atoms in total. The van der Waals surface area contributed by atoms with Crippen molar-refractivity contribution < 1.29 is 0 Å². The Balaban J connectivity index is 3.07. The number of hydrogen-bond donors (Lipinski definition) is 2. The van der Waals surface area contributed by atoms with E-state index in [0.717, 1.165) is 15.7 Å². The van der Waals surface area contributed by atoms with Crippen molar-refractivity contribution in [3.8, 4) is 0 Å². The van der Waals surface area contributed by atoms with Gasteiger partial charge in [-0.25, -0.2) is 0 Å². The third-order valence-electron chi connectivity index (χ3n) is 1.28. The lowest BCUT2D eigenvalue weighted by atomic mass is 10.2. The van der Waals surface area contributed by atoms with E-state index < -0.39 is 0 Å². The van der Waals surface area contributed by atoms with Gasteiger partial charge < -0.3 is 5.73 Å². The Kier molecular flexibility index (Phi) is 2.63. The number of benzene rings is 1. The highest BCUT2D eigenvalue weighted by atomic mass is 79.9. The van der Waals surface area contributed by atoms with Gasteiger partial charge in [-0.1, -0.05) is 22.0 Å². The van der Waals surface area contributed by atoms with E-state index in [-0.39, 0.29) is 0 Å². The molecule has 0 aliphatic carbocycles. The summed E-state index contributed by atoms with van der Waals surface area (Å²) < 4.78 is 1.01. The zero-order valence-corrected chi connectivity index (χ0v) is 7.82. The Morgan fingerprint density at radius 1 is 1.50 bits per heavy atom. The molecule has 0 fully saturated rings. The Bertz CT molecular complexity index is 237. The predicted octanol–water partition coefficient (Wildman–Crippen LogP) is 2.46. The molecule has 1 aromatic carbocycles. The second-order valence-corrected chi connectivity index (χ2v) is 3.23. The Morgan fingerprint density at radius 3 is 2.70 bits per heavy atom. The molecule has 54 valence electrons. The molecule has 0 saturated heterocycles. The van der Waals surface area contributed by atoms with Crippen LogP contribution in [0.3, 0.4) is 0 Å². The highest BCUT2D eigenvalue weighted by molar-refractivity contribution is 9.10. The van der Waals surface area contributed by atoms with Crippen molar-refractivity contribution in [2.45, 2.75) is 5.75 Å². The third-order valence-corrected chi connectivity index (χ3v) is 2.11. The van der Waals surface area contributed by atoms with Crippen molar-refractivity contribution in [2.24, 2.45) is 0 Å². The van der Waals surface area contributed by atoms with Crippen molar-refractivity contribution >= 4 is 34.2 Å². The second-order valence-electron chi connectivity index (χ2n) is 2.00. The Morgan fingerprint density at radius 2 is 2.20 bits per heavy atom. The average Bonchev–Trinajstić information content (AvgIpc) is 1.88. The molecule has 10 heavy (non-hydrogen) atoms. The van der Waals surface area contributed by atoms with Crippen molar-refractivity contribution in [3.63, 3.8) is 0 Å². The minimum absolute atomic E-state index is 0.694. The van der Waals surface area contributed by atoms with Gasteiger partial charge in [-0.15, -0.1) is 0 Å². The topological polar surface area (TPSA) is 26.0 Å². The number of rotatable bonds is 1. The van der Waals surface area contributed by atoms with Crippen LogP contribution in [0, 0.1) is 0 Å². The summed E-state index contributed by atoms with van der Waals surface area (Å²) >= 11 is 7.44. The molecule has 0 radical (unpaired) electrons. The quantitative estimate of drug-likeness (QED) is 0.549. The van der Waals surface area contributed by atoms with Crippen LogP contribution in [0.25, 0.3) is 0 Å². The maximum atomic E-state index is 5.65. The molecular weight excluding hydrogens is 210 g/mol. The largest absolute Gasteiger partial charge is 0.398 e. The molecular formula is C7H8BrNS. The lowest BCUT2D eigenvalue weighted by molar-refractivity contribution is 1.42. The molecule has 0 saturated carbocycles. The molecule has 0 bridgehead atoms. The molecule has 0 aliphatic heterocycles. The number of nitrogen functional groups attached to an aromatic ring is 1. The fourth-order valence-electron chi connectivity index (χ4n) is 0.710. The van der Waals surface area contributed by atoms with E-state index in [1.54, 1.807) is 0 Å². The molecule has 0 aliphatic rings. The Hall–Kier alpha value is -0.150. The van der Waals surface area contributed by atoms with Gasteiger partial charge in [-0.3, -0.25) is 0 Å². The first-order valence-corrected chi connectivity index (χ1v) is 4.31. The lowest BCUT2D eigenvalue weighted by Gasteiger charge is -2.00.